The van der Waals surface area contributed by atoms with E-state index in [1.807, 2.05) is 0 Å². The van der Waals surface area contributed by atoms with Crippen LogP contribution >= 0.6 is 0 Å². The van der Waals surface area contributed by atoms with Crippen molar-refractivity contribution >= 4 is 5.91 Å². The maximum Gasteiger partial charge on any atom is 0.251 e. The highest BCUT2D eigenvalue weighted by Crippen LogP contribution is 2.02. The van der Waals surface area contributed by atoms with Gasteiger partial charge in [0.25, 0.3) is 5.91 Å². The SMILES string of the molecule is CC(C)CCCNC(=O)c1ccncc1. The Balaban J connectivity index is 2.25. The molecule has 3 nitrogen and oxygen atoms in total. The van der Waals surface area contributed by atoms with Gasteiger partial charge in [-0.05, 0) is 30.9 Å². The molecule has 0 saturated carbocycles. The molecule has 0 atom stereocenters. The third-order valence-electron chi connectivity index (χ3n) is 2.19. The lowest BCUT2D eigenvalue weighted by atomic mass is 10.1. The van der Waals surface area contributed by atoms with Gasteiger partial charge < -0.3 is 5.32 Å². The lowest BCUT2D eigenvalue weighted by Crippen LogP contribution is -2.24. The molecule has 0 radical (unpaired) electrons. The number of carbonyl (C=O) groups is 1. The van der Waals surface area contributed by atoms with E-state index >= 15 is 0 Å². The zero-order valence-corrected chi connectivity index (χ0v) is 9.36. The standard InChI is InChI=1S/C12H18N2O/c1-10(2)4-3-7-14-12(15)11-5-8-13-9-6-11/h5-6,8-10H,3-4,7H2,1-2H3,(H,14,15). The molecule has 1 aromatic rings. The lowest BCUT2D eigenvalue weighted by Gasteiger charge is -2.06. The van der Waals surface area contributed by atoms with Crippen LogP contribution in [-0.4, -0.2) is 17.4 Å². The zero-order chi connectivity index (χ0) is 11.1. The Kier molecular flexibility index (Phi) is 4.81. The fourth-order valence-electron chi connectivity index (χ4n) is 1.32. The van der Waals surface area contributed by atoms with Crippen LogP contribution in [-0.2, 0) is 0 Å². The number of hydrogen-bond donors (Lipinski definition) is 1. The van der Waals surface area contributed by atoms with E-state index in [1.165, 1.54) is 0 Å². The average Bonchev–Trinajstić information content (AvgIpc) is 2.25. The molecule has 0 fully saturated rings. The molecule has 0 aliphatic heterocycles. The summed E-state index contributed by atoms with van der Waals surface area (Å²) < 4.78 is 0. The number of aromatic nitrogens is 1. The van der Waals surface area contributed by atoms with Gasteiger partial charge in [-0.15, -0.1) is 0 Å². The number of hydrogen-bond acceptors (Lipinski definition) is 2. The molecular weight excluding hydrogens is 188 g/mol. The maximum atomic E-state index is 11.6. The van der Waals surface area contributed by atoms with Gasteiger partial charge in [-0.2, -0.15) is 0 Å². The van der Waals surface area contributed by atoms with Gasteiger partial charge in [-0.25, -0.2) is 0 Å². The summed E-state index contributed by atoms with van der Waals surface area (Å²) in [6.45, 7) is 5.12. The van der Waals surface area contributed by atoms with Crippen molar-refractivity contribution in [3.63, 3.8) is 0 Å². The largest absolute Gasteiger partial charge is 0.352 e. The van der Waals surface area contributed by atoms with Crippen LogP contribution in [0.3, 0.4) is 0 Å². The molecule has 0 aromatic carbocycles. The molecule has 3 heteroatoms. The Morgan fingerprint density at radius 1 is 1.40 bits per heavy atom. The van der Waals surface area contributed by atoms with E-state index in [9.17, 15) is 4.79 Å². The van der Waals surface area contributed by atoms with Crippen LogP contribution in [0.5, 0.6) is 0 Å². The summed E-state index contributed by atoms with van der Waals surface area (Å²) in [6.07, 6.45) is 5.44. The van der Waals surface area contributed by atoms with Crippen LogP contribution in [0.15, 0.2) is 24.5 Å². The molecule has 15 heavy (non-hydrogen) atoms. The zero-order valence-electron chi connectivity index (χ0n) is 9.36. The predicted molar refractivity (Wildman–Crippen MR) is 60.6 cm³/mol. The number of amides is 1. The number of rotatable bonds is 5. The maximum absolute atomic E-state index is 11.6. The molecule has 0 aliphatic rings. The van der Waals surface area contributed by atoms with Gasteiger partial charge in [0.1, 0.15) is 0 Å². The first kappa shape index (κ1) is 11.7. The smallest absolute Gasteiger partial charge is 0.251 e. The Labute approximate surface area is 90.9 Å². The summed E-state index contributed by atoms with van der Waals surface area (Å²) in [7, 11) is 0. The van der Waals surface area contributed by atoms with E-state index in [-0.39, 0.29) is 5.91 Å². The summed E-state index contributed by atoms with van der Waals surface area (Å²) in [4.78, 5) is 15.4. The van der Waals surface area contributed by atoms with Crippen molar-refractivity contribution in [1.82, 2.24) is 10.3 Å². The van der Waals surface area contributed by atoms with Crippen molar-refractivity contribution in [2.75, 3.05) is 6.54 Å². The van der Waals surface area contributed by atoms with Crippen LogP contribution in [0.2, 0.25) is 0 Å². The summed E-state index contributed by atoms with van der Waals surface area (Å²) in [5, 5.41) is 2.89. The second kappa shape index (κ2) is 6.17. The van der Waals surface area contributed by atoms with Crippen molar-refractivity contribution in [1.29, 1.82) is 0 Å². The van der Waals surface area contributed by atoms with Crippen molar-refractivity contribution in [3.05, 3.63) is 30.1 Å². The van der Waals surface area contributed by atoms with E-state index in [1.54, 1.807) is 24.5 Å². The van der Waals surface area contributed by atoms with Crippen LogP contribution in [0, 0.1) is 5.92 Å². The normalized spacial score (nSPS) is 10.3. The third kappa shape index (κ3) is 4.58. The molecule has 0 aliphatic carbocycles. The number of nitrogens with zero attached hydrogens (tertiary/aromatic N) is 1. The molecule has 0 spiro atoms. The van der Waals surface area contributed by atoms with Crippen molar-refractivity contribution < 1.29 is 4.79 Å². The first-order valence-corrected chi connectivity index (χ1v) is 5.38. The highest BCUT2D eigenvalue weighted by Gasteiger charge is 2.03. The predicted octanol–water partition coefficient (Wildman–Crippen LogP) is 2.25. The van der Waals surface area contributed by atoms with Gasteiger partial charge >= 0.3 is 0 Å². The highest BCUT2D eigenvalue weighted by atomic mass is 16.1. The van der Waals surface area contributed by atoms with Crippen molar-refractivity contribution in [2.24, 2.45) is 5.92 Å². The first-order valence-electron chi connectivity index (χ1n) is 5.38. The van der Waals surface area contributed by atoms with Crippen LogP contribution in [0.4, 0.5) is 0 Å². The van der Waals surface area contributed by atoms with E-state index in [0.717, 1.165) is 19.4 Å². The van der Waals surface area contributed by atoms with Crippen molar-refractivity contribution in [2.45, 2.75) is 26.7 Å². The average molecular weight is 206 g/mol. The number of pyridine rings is 1. The molecule has 1 N–H and O–H groups in total. The van der Waals surface area contributed by atoms with Gasteiger partial charge in [-0.1, -0.05) is 13.8 Å². The Morgan fingerprint density at radius 3 is 2.67 bits per heavy atom. The molecule has 1 aromatic heterocycles. The minimum Gasteiger partial charge on any atom is -0.352 e. The fraction of sp³-hybridized carbons (Fsp3) is 0.500. The van der Waals surface area contributed by atoms with Gasteiger partial charge in [0.2, 0.25) is 0 Å². The minimum atomic E-state index is -0.0128. The molecule has 1 rings (SSSR count). The lowest BCUT2D eigenvalue weighted by molar-refractivity contribution is 0.0952. The quantitative estimate of drug-likeness (QED) is 0.751. The molecule has 0 saturated heterocycles. The number of carbonyl (C=O) groups excluding carboxylic acids is 1. The van der Waals surface area contributed by atoms with Gasteiger partial charge in [0.15, 0.2) is 0 Å². The number of nitrogens with one attached hydrogen (secondary N) is 1. The van der Waals surface area contributed by atoms with E-state index in [0.29, 0.717) is 11.5 Å². The van der Waals surface area contributed by atoms with Gasteiger partial charge in [0.05, 0.1) is 0 Å². The summed E-state index contributed by atoms with van der Waals surface area (Å²) >= 11 is 0. The second-order valence-electron chi connectivity index (χ2n) is 4.03. The Morgan fingerprint density at radius 2 is 2.07 bits per heavy atom. The molecule has 0 bridgehead atoms. The first-order chi connectivity index (χ1) is 7.20. The monoisotopic (exact) mass is 206 g/mol. The summed E-state index contributed by atoms with van der Waals surface area (Å²) in [6, 6.07) is 3.44. The van der Waals surface area contributed by atoms with E-state index in [2.05, 4.69) is 24.1 Å². The summed E-state index contributed by atoms with van der Waals surface area (Å²) in [5.41, 5.74) is 0.676. The van der Waals surface area contributed by atoms with E-state index < -0.39 is 0 Å². The molecular formula is C12H18N2O. The topological polar surface area (TPSA) is 42.0 Å². The van der Waals surface area contributed by atoms with Crippen LogP contribution in [0.25, 0.3) is 0 Å². The minimum absolute atomic E-state index is 0.0128. The molecule has 82 valence electrons. The van der Waals surface area contributed by atoms with Gasteiger partial charge in [-0.3, -0.25) is 9.78 Å². The molecule has 0 unspecified atom stereocenters. The van der Waals surface area contributed by atoms with Gasteiger partial charge in [0, 0.05) is 24.5 Å². The van der Waals surface area contributed by atoms with Crippen LogP contribution in [0.1, 0.15) is 37.0 Å². The second-order valence-corrected chi connectivity index (χ2v) is 4.03. The van der Waals surface area contributed by atoms with E-state index in [4.69, 9.17) is 0 Å². The summed E-state index contributed by atoms with van der Waals surface area (Å²) in [5.74, 6) is 0.684. The molecule has 1 amide bonds. The Hall–Kier alpha value is -1.38. The Bertz CT molecular complexity index is 296. The van der Waals surface area contributed by atoms with Crippen LogP contribution < -0.4 is 5.32 Å². The van der Waals surface area contributed by atoms with Crippen molar-refractivity contribution in [3.8, 4) is 0 Å². The highest BCUT2D eigenvalue weighted by molar-refractivity contribution is 5.93. The third-order valence-corrected chi connectivity index (χ3v) is 2.19. The fourth-order valence-corrected chi connectivity index (χ4v) is 1.32. The molecule has 1 heterocycles.